The number of halogens is 1. The first-order valence-electron chi connectivity index (χ1n) is 7.65. The zero-order chi connectivity index (χ0) is 14.1. The number of fused-ring (bicyclic) bond motifs is 1. The Morgan fingerprint density at radius 2 is 2.15 bits per heavy atom. The average molecular weight is 338 g/mol. The van der Waals surface area contributed by atoms with Gasteiger partial charge in [0.25, 0.3) is 0 Å². The molecular formula is C16H24BrN3. The highest BCUT2D eigenvalue weighted by Crippen LogP contribution is 2.27. The van der Waals surface area contributed by atoms with E-state index in [0.717, 1.165) is 22.7 Å². The number of piperazine rings is 1. The lowest BCUT2D eigenvalue weighted by atomic mass is 9.96. The highest BCUT2D eigenvalue weighted by atomic mass is 79.9. The van der Waals surface area contributed by atoms with Crippen molar-refractivity contribution in [2.75, 3.05) is 25.4 Å². The predicted octanol–water partition coefficient (Wildman–Crippen LogP) is 3.09. The van der Waals surface area contributed by atoms with E-state index >= 15 is 0 Å². The Morgan fingerprint density at radius 1 is 1.30 bits per heavy atom. The Morgan fingerprint density at radius 3 is 2.95 bits per heavy atom. The van der Waals surface area contributed by atoms with Gasteiger partial charge in [-0.2, -0.15) is 0 Å². The molecule has 2 atom stereocenters. The third-order valence-corrected chi connectivity index (χ3v) is 5.29. The Balaban J connectivity index is 1.70. The number of hydrogen-bond acceptors (Lipinski definition) is 3. The summed E-state index contributed by atoms with van der Waals surface area (Å²) in [6, 6.07) is 7.63. The molecule has 2 heterocycles. The molecule has 0 aliphatic carbocycles. The molecule has 3 nitrogen and oxygen atoms in total. The van der Waals surface area contributed by atoms with Gasteiger partial charge in [0.05, 0.1) is 0 Å². The number of nitrogens with zero attached hydrogens (tertiary/aromatic N) is 2. The molecule has 110 valence electrons. The second-order valence-corrected chi connectivity index (χ2v) is 7.18. The summed E-state index contributed by atoms with van der Waals surface area (Å²) in [6.45, 7) is 7.02. The Hall–Kier alpha value is -0.580. The molecule has 2 N–H and O–H groups in total. The molecule has 2 aliphatic rings. The van der Waals surface area contributed by atoms with Crippen LogP contribution in [0.3, 0.4) is 0 Å². The van der Waals surface area contributed by atoms with E-state index in [1.54, 1.807) is 0 Å². The molecule has 2 aliphatic heterocycles. The van der Waals surface area contributed by atoms with Crippen molar-refractivity contribution in [3.05, 3.63) is 28.2 Å². The van der Waals surface area contributed by atoms with Crippen LogP contribution in [-0.2, 0) is 6.54 Å². The van der Waals surface area contributed by atoms with Crippen LogP contribution in [0.5, 0.6) is 0 Å². The van der Waals surface area contributed by atoms with E-state index in [-0.39, 0.29) is 0 Å². The van der Waals surface area contributed by atoms with Crippen LogP contribution < -0.4 is 5.73 Å². The molecule has 1 aromatic carbocycles. The summed E-state index contributed by atoms with van der Waals surface area (Å²) in [5, 5.41) is 0. The predicted molar refractivity (Wildman–Crippen MR) is 87.6 cm³/mol. The quantitative estimate of drug-likeness (QED) is 0.841. The van der Waals surface area contributed by atoms with E-state index in [1.807, 2.05) is 6.07 Å². The highest BCUT2D eigenvalue weighted by Gasteiger charge is 2.32. The molecule has 2 unspecified atom stereocenters. The van der Waals surface area contributed by atoms with Gasteiger partial charge in [-0.15, -0.1) is 0 Å². The molecular weight excluding hydrogens is 314 g/mol. The van der Waals surface area contributed by atoms with Gasteiger partial charge in [-0.3, -0.25) is 9.80 Å². The van der Waals surface area contributed by atoms with Crippen LogP contribution in [0.4, 0.5) is 5.69 Å². The summed E-state index contributed by atoms with van der Waals surface area (Å²) < 4.78 is 1.06. The van der Waals surface area contributed by atoms with Crippen LogP contribution in [0.25, 0.3) is 0 Å². The molecule has 2 saturated heterocycles. The summed E-state index contributed by atoms with van der Waals surface area (Å²) in [5.74, 6) is 0. The maximum absolute atomic E-state index is 6.15. The summed E-state index contributed by atoms with van der Waals surface area (Å²) in [4.78, 5) is 5.29. The maximum Gasteiger partial charge on any atom is 0.0371 e. The summed E-state index contributed by atoms with van der Waals surface area (Å²) >= 11 is 3.48. The van der Waals surface area contributed by atoms with Crippen LogP contribution >= 0.6 is 15.9 Å². The normalized spacial score (nSPS) is 28.3. The lowest BCUT2D eigenvalue weighted by Gasteiger charge is -2.47. The van der Waals surface area contributed by atoms with Gasteiger partial charge in [0.15, 0.2) is 0 Å². The molecule has 0 amide bonds. The first-order chi connectivity index (χ1) is 9.63. The molecule has 3 rings (SSSR count). The fraction of sp³-hybridized carbons (Fsp3) is 0.625. The fourth-order valence-corrected chi connectivity index (χ4v) is 3.94. The minimum Gasteiger partial charge on any atom is -0.398 e. The van der Waals surface area contributed by atoms with Gasteiger partial charge in [0.1, 0.15) is 0 Å². The zero-order valence-corrected chi connectivity index (χ0v) is 13.8. The van der Waals surface area contributed by atoms with Crippen LogP contribution in [-0.4, -0.2) is 41.5 Å². The number of benzene rings is 1. The molecule has 0 spiro atoms. The number of rotatable bonds is 2. The SMILES string of the molecule is CC1CN2CCCCC2CN1Cc1ccc(Br)cc1N. The summed E-state index contributed by atoms with van der Waals surface area (Å²) in [7, 11) is 0. The topological polar surface area (TPSA) is 32.5 Å². The van der Waals surface area contributed by atoms with Gasteiger partial charge >= 0.3 is 0 Å². The minimum atomic E-state index is 0.618. The molecule has 20 heavy (non-hydrogen) atoms. The van der Waals surface area contributed by atoms with Crippen molar-refractivity contribution < 1.29 is 0 Å². The molecule has 4 heteroatoms. The molecule has 2 fully saturated rings. The molecule has 0 saturated carbocycles. The lowest BCUT2D eigenvalue weighted by Crippen LogP contribution is -2.58. The molecule has 0 aromatic heterocycles. The minimum absolute atomic E-state index is 0.618. The number of nitrogen functional groups attached to an aromatic ring is 1. The Labute approximate surface area is 130 Å². The second-order valence-electron chi connectivity index (χ2n) is 6.27. The Kier molecular flexibility index (Phi) is 4.34. The number of anilines is 1. The van der Waals surface area contributed by atoms with Crippen molar-refractivity contribution in [1.29, 1.82) is 0 Å². The third kappa shape index (κ3) is 3.02. The van der Waals surface area contributed by atoms with E-state index < -0.39 is 0 Å². The Bertz CT molecular complexity index is 477. The van der Waals surface area contributed by atoms with Crippen molar-refractivity contribution in [2.24, 2.45) is 0 Å². The van der Waals surface area contributed by atoms with Crippen molar-refractivity contribution in [3.8, 4) is 0 Å². The smallest absolute Gasteiger partial charge is 0.0371 e. The summed E-state index contributed by atoms with van der Waals surface area (Å²) in [5.41, 5.74) is 8.30. The third-order valence-electron chi connectivity index (χ3n) is 4.80. The van der Waals surface area contributed by atoms with Crippen LogP contribution in [0.1, 0.15) is 31.7 Å². The van der Waals surface area contributed by atoms with Gasteiger partial charge in [-0.05, 0) is 44.0 Å². The van der Waals surface area contributed by atoms with Gasteiger partial charge in [-0.25, -0.2) is 0 Å². The average Bonchev–Trinajstić information content (AvgIpc) is 2.42. The standard InChI is InChI=1S/C16H24BrN3/c1-12-9-19-7-3-2-4-15(19)11-20(12)10-13-5-6-14(17)8-16(13)18/h5-6,8,12,15H,2-4,7,9-11,18H2,1H3. The van der Waals surface area contributed by atoms with E-state index in [4.69, 9.17) is 5.73 Å². The first-order valence-corrected chi connectivity index (χ1v) is 8.45. The zero-order valence-electron chi connectivity index (χ0n) is 12.2. The van der Waals surface area contributed by atoms with E-state index in [9.17, 15) is 0 Å². The number of nitrogens with two attached hydrogens (primary N) is 1. The van der Waals surface area contributed by atoms with Gasteiger partial charge in [0, 0.05) is 41.9 Å². The van der Waals surface area contributed by atoms with Crippen molar-refractivity contribution in [1.82, 2.24) is 9.80 Å². The maximum atomic E-state index is 6.15. The molecule has 0 radical (unpaired) electrons. The summed E-state index contributed by atoms with van der Waals surface area (Å²) in [6.07, 6.45) is 4.13. The van der Waals surface area contributed by atoms with Crippen LogP contribution in [0.2, 0.25) is 0 Å². The first kappa shape index (κ1) is 14.4. The van der Waals surface area contributed by atoms with Gasteiger partial charge < -0.3 is 5.73 Å². The van der Waals surface area contributed by atoms with Gasteiger partial charge in [0.2, 0.25) is 0 Å². The monoisotopic (exact) mass is 337 g/mol. The lowest BCUT2D eigenvalue weighted by molar-refractivity contribution is 0.0112. The number of piperidine rings is 1. The number of hydrogen-bond donors (Lipinski definition) is 1. The van der Waals surface area contributed by atoms with Crippen LogP contribution in [0, 0.1) is 0 Å². The highest BCUT2D eigenvalue weighted by molar-refractivity contribution is 9.10. The fourth-order valence-electron chi connectivity index (χ4n) is 3.56. The van der Waals surface area contributed by atoms with Crippen molar-refractivity contribution in [3.63, 3.8) is 0 Å². The van der Waals surface area contributed by atoms with E-state index in [1.165, 1.54) is 44.5 Å². The second kappa shape index (κ2) is 6.04. The van der Waals surface area contributed by atoms with Gasteiger partial charge in [-0.1, -0.05) is 28.4 Å². The van der Waals surface area contributed by atoms with E-state index in [2.05, 4.69) is 44.8 Å². The van der Waals surface area contributed by atoms with E-state index in [0.29, 0.717) is 6.04 Å². The molecule has 0 bridgehead atoms. The molecule has 1 aromatic rings. The van der Waals surface area contributed by atoms with Crippen LogP contribution in [0.15, 0.2) is 22.7 Å². The largest absolute Gasteiger partial charge is 0.398 e. The van der Waals surface area contributed by atoms with Crippen molar-refractivity contribution >= 4 is 21.6 Å². The van der Waals surface area contributed by atoms with Crippen molar-refractivity contribution in [2.45, 2.75) is 44.8 Å².